The van der Waals surface area contributed by atoms with Gasteiger partial charge in [0, 0.05) is 24.0 Å². The molecule has 0 amide bonds. The van der Waals surface area contributed by atoms with Gasteiger partial charge >= 0.3 is 0 Å². The molecule has 2 aromatic heterocycles. The summed E-state index contributed by atoms with van der Waals surface area (Å²) in [7, 11) is 0. The summed E-state index contributed by atoms with van der Waals surface area (Å²) >= 11 is 0. The quantitative estimate of drug-likeness (QED) is 0.830. The van der Waals surface area contributed by atoms with Gasteiger partial charge in [-0.15, -0.1) is 0 Å². The molecule has 0 fully saturated rings. The molecule has 3 nitrogen and oxygen atoms in total. The molecular weight excluding hydrogens is 188 g/mol. The van der Waals surface area contributed by atoms with Gasteiger partial charge in [0.25, 0.3) is 0 Å². The van der Waals surface area contributed by atoms with Gasteiger partial charge in [0.2, 0.25) is 0 Å². The summed E-state index contributed by atoms with van der Waals surface area (Å²) in [4.78, 5) is 4.06. The number of aryl methyl sites for hydroxylation is 1. The minimum absolute atomic E-state index is 0.0204. The highest BCUT2D eigenvalue weighted by Crippen LogP contribution is 2.19. The number of nitrogens with zero attached hydrogens (tertiary/aromatic N) is 1. The molecule has 0 aliphatic heterocycles. The second-order valence-corrected chi connectivity index (χ2v) is 3.60. The van der Waals surface area contributed by atoms with Crippen LogP contribution in [0.1, 0.15) is 22.9 Å². The summed E-state index contributed by atoms with van der Waals surface area (Å²) < 4.78 is 5.23. The van der Waals surface area contributed by atoms with Gasteiger partial charge in [-0.25, -0.2) is 0 Å². The van der Waals surface area contributed by atoms with Crippen molar-refractivity contribution in [3.63, 3.8) is 0 Å². The molecule has 15 heavy (non-hydrogen) atoms. The highest BCUT2D eigenvalue weighted by Gasteiger charge is 2.11. The Morgan fingerprint density at radius 2 is 2.33 bits per heavy atom. The molecule has 0 radical (unpaired) electrons. The third-order valence-corrected chi connectivity index (χ3v) is 2.48. The van der Waals surface area contributed by atoms with Crippen LogP contribution in [0.5, 0.6) is 0 Å². The van der Waals surface area contributed by atoms with Crippen LogP contribution >= 0.6 is 0 Å². The molecule has 2 rings (SSSR count). The normalized spacial score (nSPS) is 12.7. The highest BCUT2D eigenvalue weighted by atomic mass is 16.3. The molecule has 78 valence electrons. The predicted octanol–water partition coefficient (Wildman–Crippen LogP) is 2.23. The van der Waals surface area contributed by atoms with Crippen LogP contribution in [-0.2, 0) is 6.42 Å². The van der Waals surface area contributed by atoms with Crippen molar-refractivity contribution < 1.29 is 4.42 Å². The maximum absolute atomic E-state index is 6.08. The first-order valence-corrected chi connectivity index (χ1v) is 4.96. The van der Waals surface area contributed by atoms with Crippen molar-refractivity contribution in [3.05, 3.63) is 53.7 Å². The zero-order valence-corrected chi connectivity index (χ0v) is 8.68. The molecule has 1 atom stereocenters. The van der Waals surface area contributed by atoms with Crippen molar-refractivity contribution in [1.29, 1.82) is 0 Å². The third kappa shape index (κ3) is 2.25. The SMILES string of the molecule is Cc1occc1C(N)Cc1cccnc1. The lowest BCUT2D eigenvalue weighted by molar-refractivity contribution is 0.524. The maximum Gasteiger partial charge on any atom is 0.105 e. The first-order valence-electron chi connectivity index (χ1n) is 4.96. The van der Waals surface area contributed by atoms with Crippen LogP contribution in [0.3, 0.4) is 0 Å². The van der Waals surface area contributed by atoms with E-state index in [0.717, 1.165) is 23.3 Å². The monoisotopic (exact) mass is 202 g/mol. The highest BCUT2D eigenvalue weighted by molar-refractivity contribution is 5.22. The van der Waals surface area contributed by atoms with Gasteiger partial charge in [-0.2, -0.15) is 0 Å². The first kappa shape index (κ1) is 9.93. The smallest absolute Gasteiger partial charge is 0.105 e. The van der Waals surface area contributed by atoms with Crippen molar-refractivity contribution in [2.24, 2.45) is 5.73 Å². The van der Waals surface area contributed by atoms with Gasteiger partial charge in [-0.1, -0.05) is 6.07 Å². The summed E-state index contributed by atoms with van der Waals surface area (Å²) in [5.41, 5.74) is 8.30. The minimum atomic E-state index is -0.0204. The van der Waals surface area contributed by atoms with E-state index < -0.39 is 0 Å². The maximum atomic E-state index is 6.08. The van der Waals surface area contributed by atoms with Crippen molar-refractivity contribution in [2.75, 3.05) is 0 Å². The van der Waals surface area contributed by atoms with E-state index in [9.17, 15) is 0 Å². The molecule has 2 heterocycles. The fourth-order valence-corrected chi connectivity index (χ4v) is 1.66. The van der Waals surface area contributed by atoms with E-state index in [2.05, 4.69) is 4.98 Å². The number of furan rings is 1. The van der Waals surface area contributed by atoms with Crippen LogP contribution < -0.4 is 5.73 Å². The first-order chi connectivity index (χ1) is 7.27. The molecule has 0 saturated heterocycles. The Labute approximate surface area is 88.9 Å². The minimum Gasteiger partial charge on any atom is -0.469 e. The number of hydrogen-bond donors (Lipinski definition) is 1. The lowest BCUT2D eigenvalue weighted by Gasteiger charge is -2.10. The Morgan fingerprint density at radius 1 is 1.47 bits per heavy atom. The Hall–Kier alpha value is -1.61. The molecule has 0 aromatic carbocycles. The molecule has 0 spiro atoms. The van der Waals surface area contributed by atoms with Crippen LogP contribution in [0.25, 0.3) is 0 Å². The summed E-state index contributed by atoms with van der Waals surface area (Å²) in [5.74, 6) is 0.895. The summed E-state index contributed by atoms with van der Waals surface area (Å²) in [6.45, 7) is 1.93. The summed E-state index contributed by atoms with van der Waals surface area (Å²) in [6, 6.07) is 5.86. The fourth-order valence-electron chi connectivity index (χ4n) is 1.66. The number of pyridine rings is 1. The van der Waals surface area contributed by atoms with E-state index >= 15 is 0 Å². The Balaban J connectivity index is 2.11. The zero-order valence-electron chi connectivity index (χ0n) is 8.68. The van der Waals surface area contributed by atoms with Crippen molar-refractivity contribution in [3.8, 4) is 0 Å². The number of aromatic nitrogens is 1. The van der Waals surface area contributed by atoms with Gasteiger partial charge in [0.15, 0.2) is 0 Å². The molecule has 1 unspecified atom stereocenters. The van der Waals surface area contributed by atoms with E-state index in [1.54, 1.807) is 12.5 Å². The Kier molecular flexibility index (Phi) is 2.83. The number of nitrogens with two attached hydrogens (primary N) is 1. The topological polar surface area (TPSA) is 52.0 Å². The predicted molar refractivity (Wildman–Crippen MR) is 58.3 cm³/mol. The summed E-state index contributed by atoms with van der Waals surface area (Å²) in [6.07, 6.45) is 6.06. The van der Waals surface area contributed by atoms with Crippen LogP contribution in [0.2, 0.25) is 0 Å². The zero-order chi connectivity index (χ0) is 10.7. The lowest BCUT2D eigenvalue weighted by Crippen LogP contribution is -2.13. The van der Waals surface area contributed by atoms with Crippen LogP contribution in [0, 0.1) is 6.92 Å². The van der Waals surface area contributed by atoms with Gasteiger partial charge in [0.1, 0.15) is 5.76 Å². The van der Waals surface area contributed by atoms with Gasteiger partial charge in [-0.3, -0.25) is 4.98 Å². The third-order valence-electron chi connectivity index (χ3n) is 2.48. The lowest BCUT2D eigenvalue weighted by atomic mass is 10.0. The summed E-state index contributed by atoms with van der Waals surface area (Å²) in [5, 5.41) is 0. The number of hydrogen-bond acceptors (Lipinski definition) is 3. The van der Waals surface area contributed by atoms with Crippen LogP contribution in [0.15, 0.2) is 41.3 Å². The Morgan fingerprint density at radius 3 is 2.93 bits per heavy atom. The largest absolute Gasteiger partial charge is 0.469 e. The van der Waals surface area contributed by atoms with Gasteiger partial charge in [0.05, 0.1) is 6.26 Å². The van der Waals surface area contributed by atoms with E-state index in [0.29, 0.717) is 0 Å². The molecule has 0 saturated carbocycles. The van der Waals surface area contributed by atoms with Gasteiger partial charge < -0.3 is 10.2 Å². The van der Waals surface area contributed by atoms with Crippen molar-refractivity contribution in [2.45, 2.75) is 19.4 Å². The molecule has 2 N–H and O–H groups in total. The standard InChI is InChI=1S/C12H14N2O/c1-9-11(4-6-15-9)12(13)7-10-3-2-5-14-8-10/h2-6,8,12H,7,13H2,1H3. The van der Waals surface area contributed by atoms with Crippen molar-refractivity contribution >= 4 is 0 Å². The molecule has 0 aliphatic rings. The van der Waals surface area contributed by atoms with Crippen LogP contribution in [-0.4, -0.2) is 4.98 Å². The van der Waals surface area contributed by atoms with Crippen LogP contribution in [0.4, 0.5) is 0 Å². The van der Waals surface area contributed by atoms with E-state index in [1.165, 1.54) is 0 Å². The fraction of sp³-hybridized carbons (Fsp3) is 0.250. The average molecular weight is 202 g/mol. The molecule has 3 heteroatoms. The molecule has 2 aromatic rings. The Bertz CT molecular complexity index is 422. The van der Waals surface area contributed by atoms with E-state index in [-0.39, 0.29) is 6.04 Å². The van der Waals surface area contributed by atoms with Crippen molar-refractivity contribution in [1.82, 2.24) is 4.98 Å². The molecule has 0 bridgehead atoms. The second-order valence-electron chi connectivity index (χ2n) is 3.60. The van der Waals surface area contributed by atoms with E-state index in [1.807, 2.05) is 31.3 Å². The second kappa shape index (κ2) is 4.28. The molecular formula is C12H14N2O. The average Bonchev–Trinajstić information content (AvgIpc) is 2.66. The molecule has 0 aliphatic carbocycles. The van der Waals surface area contributed by atoms with E-state index in [4.69, 9.17) is 10.2 Å². The number of rotatable bonds is 3. The van der Waals surface area contributed by atoms with Gasteiger partial charge in [-0.05, 0) is 31.0 Å².